The largest absolute Gasteiger partial charge is 0.436 e. The minimum absolute atomic E-state index is 0.291. The molecule has 0 saturated carbocycles. The summed E-state index contributed by atoms with van der Waals surface area (Å²) in [4.78, 5) is 10.4. The lowest BCUT2D eigenvalue weighted by Crippen LogP contribution is -2.18. The summed E-state index contributed by atoms with van der Waals surface area (Å²) >= 11 is 0. The van der Waals surface area contributed by atoms with Gasteiger partial charge in [-0.2, -0.15) is 0 Å². The summed E-state index contributed by atoms with van der Waals surface area (Å²) in [6.07, 6.45) is 0.343. The fourth-order valence-corrected chi connectivity index (χ4v) is 0.606. The summed E-state index contributed by atoms with van der Waals surface area (Å²) in [7, 11) is 0. The molecule has 1 atom stereocenters. The van der Waals surface area contributed by atoms with E-state index in [-0.39, 0.29) is 12.3 Å². The van der Waals surface area contributed by atoms with Gasteiger partial charge in [0.05, 0.1) is 0 Å². The van der Waals surface area contributed by atoms with Crippen LogP contribution in [0.5, 0.6) is 0 Å². The molecule has 0 amide bonds. The highest BCUT2D eigenvalue weighted by Crippen LogP contribution is 1.99. The molecule has 0 N–H and O–H groups in total. The van der Waals surface area contributed by atoms with Gasteiger partial charge in [0.15, 0.2) is 0 Å². The average Bonchev–Trinajstić information content (AvgIpc) is 1.86. The van der Waals surface area contributed by atoms with Gasteiger partial charge in [-0.15, -0.1) is 0 Å². The fourth-order valence-electron chi connectivity index (χ4n) is 0.606. The monoisotopic (exact) mass is 146 g/mol. The third kappa shape index (κ3) is 4.32. The number of hydrogen-bond acceptors (Lipinski definition) is 3. The maximum absolute atomic E-state index is 10.4. The van der Waals surface area contributed by atoms with Gasteiger partial charge in [-0.1, -0.05) is 6.92 Å². The van der Waals surface area contributed by atoms with Gasteiger partial charge in [0.1, 0.15) is 0 Å². The molecule has 0 aromatic rings. The van der Waals surface area contributed by atoms with E-state index < -0.39 is 0 Å². The molecule has 10 heavy (non-hydrogen) atoms. The number of hydrogen-bond donors (Lipinski definition) is 0. The minimum Gasteiger partial charge on any atom is -0.436 e. The molecule has 0 aliphatic carbocycles. The van der Waals surface area contributed by atoms with Crippen molar-refractivity contribution >= 4 is 5.97 Å². The van der Waals surface area contributed by atoms with Crippen LogP contribution in [0, 0.1) is 0 Å². The van der Waals surface area contributed by atoms with E-state index in [2.05, 4.69) is 0 Å². The first kappa shape index (κ1) is 9.43. The van der Waals surface area contributed by atoms with Crippen molar-refractivity contribution in [2.24, 2.45) is 0 Å². The third-order valence-corrected chi connectivity index (χ3v) is 0.983. The Labute approximate surface area is 61.3 Å². The topological polar surface area (TPSA) is 35.5 Å². The number of carbonyl (C=O) groups is 1. The SMILES string of the molecule is CCOC(CC)OC(C)=O. The molecule has 0 aliphatic rings. The number of rotatable bonds is 4. The minimum atomic E-state index is -0.359. The summed E-state index contributed by atoms with van der Waals surface area (Å²) in [6, 6.07) is 0. The van der Waals surface area contributed by atoms with Gasteiger partial charge in [0.25, 0.3) is 0 Å². The van der Waals surface area contributed by atoms with E-state index in [0.717, 1.165) is 0 Å². The van der Waals surface area contributed by atoms with Crippen molar-refractivity contribution in [3.63, 3.8) is 0 Å². The molecular formula is C7H14O3. The molecule has 0 rings (SSSR count). The van der Waals surface area contributed by atoms with Crippen LogP contribution in [-0.2, 0) is 14.3 Å². The van der Waals surface area contributed by atoms with Crippen LogP contribution in [0.15, 0.2) is 0 Å². The van der Waals surface area contributed by atoms with Crippen LogP contribution in [-0.4, -0.2) is 18.9 Å². The lowest BCUT2D eigenvalue weighted by molar-refractivity contribution is -0.175. The van der Waals surface area contributed by atoms with Crippen LogP contribution in [0.25, 0.3) is 0 Å². The van der Waals surface area contributed by atoms with Crippen molar-refractivity contribution in [2.45, 2.75) is 33.5 Å². The van der Waals surface area contributed by atoms with Crippen molar-refractivity contribution < 1.29 is 14.3 Å². The number of carbonyl (C=O) groups excluding carboxylic acids is 1. The normalized spacial score (nSPS) is 12.7. The zero-order chi connectivity index (χ0) is 7.98. The molecule has 1 unspecified atom stereocenters. The van der Waals surface area contributed by atoms with Crippen LogP contribution in [0.1, 0.15) is 27.2 Å². The van der Waals surface area contributed by atoms with Crippen LogP contribution in [0.3, 0.4) is 0 Å². The van der Waals surface area contributed by atoms with Gasteiger partial charge >= 0.3 is 5.97 Å². The van der Waals surface area contributed by atoms with Crippen molar-refractivity contribution in [2.75, 3.05) is 6.61 Å². The lowest BCUT2D eigenvalue weighted by Gasteiger charge is -2.13. The average molecular weight is 146 g/mol. The smallest absolute Gasteiger partial charge is 0.304 e. The Morgan fingerprint density at radius 1 is 1.50 bits per heavy atom. The molecule has 60 valence electrons. The van der Waals surface area contributed by atoms with Crippen molar-refractivity contribution in [3.05, 3.63) is 0 Å². The second-order valence-electron chi connectivity index (χ2n) is 1.90. The van der Waals surface area contributed by atoms with Crippen LogP contribution < -0.4 is 0 Å². The zero-order valence-electron chi connectivity index (χ0n) is 6.72. The van der Waals surface area contributed by atoms with Gasteiger partial charge in [-0.25, -0.2) is 0 Å². The van der Waals surface area contributed by atoms with E-state index >= 15 is 0 Å². The standard InChI is InChI=1S/C7H14O3/c1-4-7(9-5-2)10-6(3)8/h7H,4-5H2,1-3H3. The summed E-state index contributed by atoms with van der Waals surface area (Å²) in [6.45, 7) is 5.73. The Balaban J connectivity index is 3.49. The Bertz CT molecular complexity index is 101. The molecule has 0 fully saturated rings. The first-order chi connectivity index (χ1) is 4.70. The molecule has 0 aliphatic heterocycles. The summed E-state index contributed by atoms with van der Waals surface area (Å²) in [5.41, 5.74) is 0. The van der Waals surface area contributed by atoms with Crippen LogP contribution >= 0.6 is 0 Å². The highest BCUT2D eigenvalue weighted by Gasteiger charge is 2.06. The third-order valence-electron chi connectivity index (χ3n) is 0.983. The first-order valence-corrected chi connectivity index (χ1v) is 3.49. The zero-order valence-corrected chi connectivity index (χ0v) is 6.72. The molecule has 0 heterocycles. The quantitative estimate of drug-likeness (QED) is 0.443. The predicted octanol–water partition coefficient (Wildman–Crippen LogP) is 1.32. The molecule has 3 heteroatoms. The molecule has 0 aromatic heterocycles. The van der Waals surface area contributed by atoms with Gasteiger partial charge in [-0.3, -0.25) is 4.79 Å². The van der Waals surface area contributed by atoms with Gasteiger partial charge < -0.3 is 9.47 Å². The van der Waals surface area contributed by atoms with Crippen LogP contribution in [0.2, 0.25) is 0 Å². The molecule has 0 radical (unpaired) electrons. The Hall–Kier alpha value is -0.570. The van der Waals surface area contributed by atoms with Gasteiger partial charge in [-0.05, 0) is 6.92 Å². The molecule has 0 spiro atoms. The van der Waals surface area contributed by atoms with E-state index in [0.29, 0.717) is 13.0 Å². The fraction of sp³-hybridized carbons (Fsp3) is 0.857. The van der Waals surface area contributed by atoms with E-state index in [4.69, 9.17) is 9.47 Å². The maximum Gasteiger partial charge on any atom is 0.304 e. The van der Waals surface area contributed by atoms with E-state index in [9.17, 15) is 4.79 Å². The number of ether oxygens (including phenoxy) is 2. The number of esters is 1. The highest BCUT2D eigenvalue weighted by atomic mass is 16.7. The maximum atomic E-state index is 10.4. The summed E-state index contributed by atoms with van der Waals surface area (Å²) < 4.78 is 9.84. The first-order valence-electron chi connectivity index (χ1n) is 3.49. The van der Waals surface area contributed by atoms with E-state index in [1.807, 2.05) is 13.8 Å². The molecule has 0 aromatic carbocycles. The lowest BCUT2D eigenvalue weighted by atomic mass is 10.5. The van der Waals surface area contributed by atoms with Crippen molar-refractivity contribution in [3.8, 4) is 0 Å². The molecule has 0 saturated heterocycles. The Morgan fingerprint density at radius 3 is 2.40 bits per heavy atom. The second kappa shape index (κ2) is 5.23. The predicted molar refractivity (Wildman–Crippen MR) is 37.5 cm³/mol. The van der Waals surface area contributed by atoms with Crippen LogP contribution in [0.4, 0.5) is 0 Å². The second-order valence-corrected chi connectivity index (χ2v) is 1.90. The molecule has 3 nitrogen and oxygen atoms in total. The van der Waals surface area contributed by atoms with Crippen molar-refractivity contribution in [1.29, 1.82) is 0 Å². The molecule has 0 bridgehead atoms. The highest BCUT2D eigenvalue weighted by molar-refractivity contribution is 5.66. The summed E-state index contributed by atoms with van der Waals surface area (Å²) in [5, 5.41) is 0. The van der Waals surface area contributed by atoms with Gasteiger partial charge in [0.2, 0.25) is 6.29 Å². The van der Waals surface area contributed by atoms with Crippen molar-refractivity contribution in [1.82, 2.24) is 0 Å². The van der Waals surface area contributed by atoms with E-state index in [1.54, 1.807) is 0 Å². The molecular weight excluding hydrogens is 132 g/mol. The van der Waals surface area contributed by atoms with Gasteiger partial charge in [0, 0.05) is 20.0 Å². The Morgan fingerprint density at radius 2 is 2.10 bits per heavy atom. The summed E-state index contributed by atoms with van der Waals surface area (Å²) in [5.74, 6) is -0.291. The Kier molecular flexibility index (Phi) is 4.94. The van der Waals surface area contributed by atoms with E-state index in [1.165, 1.54) is 6.92 Å².